The van der Waals surface area contributed by atoms with Crippen LogP contribution < -0.4 is 5.32 Å². The van der Waals surface area contributed by atoms with E-state index in [9.17, 15) is 0 Å². The zero-order valence-electron chi connectivity index (χ0n) is 10.4. The number of rotatable bonds is 7. The molecule has 0 aliphatic rings. The standard InChI is InChI=1S/C14H22N2/c1-4-6-7-14(15-10-5-2)13-9-8-12(3)16-11-13/h4,8-9,11,14-15H,1,5-7,10H2,2-3H3. The van der Waals surface area contributed by atoms with E-state index in [1.165, 1.54) is 5.56 Å². The second-order valence-electron chi connectivity index (χ2n) is 4.11. The molecule has 88 valence electrons. The predicted octanol–water partition coefficient (Wildman–Crippen LogP) is 3.40. The lowest BCUT2D eigenvalue weighted by Gasteiger charge is -2.18. The second-order valence-corrected chi connectivity index (χ2v) is 4.11. The van der Waals surface area contributed by atoms with E-state index >= 15 is 0 Å². The number of hydrogen-bond donors (Lipinski definition) is 1. The van der Waals surface area contributed by atoms with Gasteiger partial charge in [0.2, 0.25) is 0 Å². The van der Waals surface area contributed by atoms with Crippen LogP contribution in [-0.4, -0.2) is 11.5 Å². The smallest absolute Gasteiger partial charge is 0.0372 e. The van der Waals surface area contributed by atoms with Gasteiger partial charge in [0.15, 0.2) is 0 Å². The van der Waals surface area contributed by atoms with E-state index in [1.807, 2.05) is 19.2 Å². The Hall–Kier alpha value is -1.15. The molecule has 1 unspecified atom stereocenters. The average Bonchev–Trinajstić information content (AvgIpc) is 2.31. The quantitative estimate of drug-likeness (QED) is 0.709. The Morgan fingerprint density at radius 1 is 1.50 bits per heavy atom. The number of nitrogens with one attached hydrogen (secondary N) is 1. The molecule has 0 fully saturated rings. The van der Waals surface area contributed by atoms with Gasteiger partial charge < -0.3 is 5.32 Å². The molecule has 1 heterocycles. The highest BCUT2D eigenvalue weighted by Crippen LogP contribution is 2.18. The Kier molecular flexibility index (Phi) is 5.79. The van der Waals surface area contributed by atoms with Gasteiger partial charge in [-0.3, -0.25) is 4.98 Å². The molecule has 2 heteroatoms. The molecular weight excluding hydrogens is 196 g/mol. The van der Waals surface area contributed by atoms with Crippen molar-refractivity contribution >= 4 is 0 Å². The van der Waals surface area contributed by atoms with E-state index in [0.29, 0.717) is 6.04 Å². The molecule has 0 bridgehead atoms. The monoisotopic (exact) mass is 218 g/mol. The van der Waals surface area contributed by atoms with E-state index < -0.39 is 0 Å². The molecule has 0 saturated carbocycles. The molecule has 0 saturated heterocycles. The van der Waals surface area contributed by atoms with Gasteiger partial charge in [0.25, 0.3) is 0 Å². The molecule has 0 amide bonds. The lowest BCUT2D eigenvalue weighted by Crippen LogP contribution is -2.22. The predicted molar refractivity (Wildman–Crippen MR) is 69.4 cm³/mol. The number of nitrogens with zero attached hydrogens (tertiary/aromatic N) is 1. The van der Waals surface area contributed by atoms with Gasteiger partial charge in [0, 0.05) is 17.9 Å². The summed E-state index contributed by atoms with van der Waals surface area (Å²) >= 11 is 0. The van der Waals surface area contributed by atoms with Crippen LogP contribution in [0.3, 0.4) is 0 Å². The van der Waals surface area contributed by atoms with E-state index in [2.05, 4.69) is 35.9 Å². The molecular formula is C14H22N2. The first-order chi connectivity index (χ1) is 7.77. The highest BCUT2D eigenvalue weighted by molar-refractivity contribution is 5.17. The summed E-state index contributed by atoms with van der Waals surface area (Å²) in [5, 5.41) is 3.55. The summed E-state index contributed by atoms with van der Waals surface area (Å²) < 4.78 is 0. The Bertz CT molecular complexity index is 303. The van der Waals surface area contributed by atoms with Crippen molar-refractivity contribution in [1.29, 1.82) is 0 Å². The van der Waals surface area contributed by atoms with Crippen molar-refractivity contribution in [2.24, 2.45) is 0 Å². The average molecular weight is 218 g/mol. The molecule has 1 aromatic rings. The number of hydrogen-bond acceptors (Lipinski definition) is 2. The lowest BCUT2D eigenvalue weighted by molar-refractivity contribution is 0.501. The molecule has 1 atom stereocenters. The first kappa shape index (κ1) is 12.9. The summed E-state index contributed by atoms with van der Waals surface area (Å²) in [5.41, 5.74) is 2.35. The van der Waals surface area contributed by atoms with Crippen molar-refractivity contribution < 1.29 is 0 Å². The van der Waals surface area contributed by atoms with Crippen LogP contribution in [0.25, 0.3) is 0 Å². The number of aromatic nitrogens is 1. The second kappa shape index (κ2) is 7.18. The molecule has 0 aromatic carbocycles. The van der Waals surface area contributed by atoms with Gasteiger partial charge in [-0.1, -0.05) is 19.1 Å². The lowest BCUT2D eigenvalue weighted by atomic mass is 10.0. The maximum atomic E-state index is 4.35. The Labute approximate surface area is 98.8 Å². The molecule has 1 aromatic heterocycles. The molecule has 2 nitrogen and oxygen atoms in total. The Morgan fingerprint density at radius 3 is 2.88 bits per heavy atom. The van der Waals surface area contributed by atoms with Crippen LogP contribution in [0.15, 0.2) is 31.0 Å². The van der Waals surface area contributed by atoms with Gasteiger partial charge in [0.1, 0.15) is 0 Å². The first-order valence-corrected chi connectivity index (χ1v) is 6.04. The van der Waals surface area contributed by atoms with Crippen LogP contribution in [0.2, 0.25) is 0 Å². The van der Waals surface area contributed by atoms with Gasteiger partial charge in [-0.05, 0) is 44.4 Å². The molecule has 0 aliphatic carbocycles. The number of allylic oxidation sites excluding steroid dienone is 1. The fourth-order valence-corrected chi connectivity index (χ4v) is 1.68. The van der Waals surface area contributed by atoms with E-state index in [1.54, 1.807) is 0 Å². The number of aryl methyl sites for hydroxylation is 1. The van der Waals surface area contributed by atoms with Gasteiger partial charge in [-0.2, -0.15) is 0 Å². The van der Waals surface area contributed by atoms with Crippen LogP contribution in [0.4, 0.5) is 0 Å². The third-order valence-corrected chi connectivity index (χ3v) is 2.64. The van der Waals surface area contributed by atoms with Gasteiger partial charge in [-0.15, -0.1) is 6.58 Å². The van der Waals surface area contributed by atoms with E-state index in [0.717, 1.165) is 31.5 Å². The normalized spacial score (nSPS) is 12.4. The van der Waals surface area contributed by atoms with Crippen molar-refractivity contribution in [2.45, 2.75) is 39.2 Å². The van der Waals surface area contributed by atoms with Gasteiger partial charge >= 0.3 is 0 Å². The van der Waals surface area contributed by atoms with Crippen molar-refractivity contribution in [3.63, 3.8) is 0 Å². The summed E-state index contributed by atoms with van der Waals surface area (Å²) in [4.78, 5) is 4.35. The highest BCUT2D eigenvalue weighted by Gasteiger charge is 2.09. The third kappa shape index (κ3) is 4.15. The van der Waals surface area contributed by atoms with Crippen molar-refractivity contribution in [1.82, 2.24) is 10.3 Å². The van der Waals surface area contributed by atoms with Crippen molar-refractivity contribution in [3.05, 3.63) is 42.2 Å². The van der Waals surface area contributed by atoms with Crippen molar-refractivity contribution in [2.75, 3.05) is 6.54 Å². The van der Waals surface area contributed by atoms with Crippen LogP contribution >= 0.6 is 0 Å². The van der Waals surface area contributed by atoms with Crippen LogP contribution in [0.5, 0.6) is 0 Å². The summed E-state index contributed by atoms with van der Waals surface area (Å²) in [6.45, 7) is 9.03. The maximum absolute atomic E-state index is 4.35. The zero-order chi connectivity index (χ0) is 11.8. The summed E-state index contributed by atoms with van der Waals surface area (Å²) in [6.07, 6.45) is 7.24. The number of pyridine rings is 1. The van der Waals surface area contributed by atoms with Crippen LogP contribution in [0.1, 0.15) is 43.5 Å². The summed E-state index contributed by atoms with van der Waals surface area (Å²) in [6, 6.07) is 4.65. The zero-order valence-corrected chi connectivity index (χ0v) is 10.4. The fourth-order valence-electron chi connectivity index (χ4n) is 1.68. The minimum atomic E-state index is 0.408. The van der Waals surface area contributed by atoms with Crippen LogP contribution in [0, 0.1) is 6.92 Å². The Morgan fingerprint density at radius 2 is 2.31 bits per heavy atom. The van der Waals surface area contributed by atoms with E-state index in [-0.39, 0.29) is 0 Å². The largest absolute Gasteiger partial charge is 0.310 e. The molecule has 1 N–H and O–H groups in total. The molecule has 1 rings (SSSR count). The molecule has 0 aliphatic heterocycles. The fraction of sp³-hybridized carbons (Fsp3) is 0.500. The minimum absolute atomic E-state index is 0.408. The first-order valence-electron chi connectivity index (χ1n) is 6.04. The summed E-state index contributed by atoms with van der Waals surface area (Å²) in [7, 11) is 0. The topological polar surface area (TPSA) is 24.9 Å². The maximum Gasteiger partial charge on any atom is 0.0372 e. The van der Waals surface area contributed by atoms with Crippen LogP contribution in [-0.2, 0) is 0 Å². The molecule has 16 heavy (non-hydrogen) atoms. The third-order valence-electron chi connectivity index (χ3n) is 2.64. The van der Waals surface area contributed by atoms with Gasteiger partial charge in [0.05, 0.1) is 0 Å². The Balaban J connectivity index is 2.66. The SMILES string of the molecule is C=CCCC(NCCC)c1ccc(C)nc1. The minimum Gasteiger partial charge on any atom is -0.310 e. The molecule has 0 radical (unpaired) electrons. The molecule has 0 spiro atoms. The highest BCUT2D eigenvalue weighted by atomic mass is 14.9. The summed E-state index contributed by atoms with van der Waals surface area (Å²) in [5.74, 6) is 0. The van der Waals surface area contributed by atoms with Crippen molar-refractivity contribution in [3.8, 4) is 0 Å². The van der Waals surface area contributed by atoms with E-state index in [4.69, 9.17) is 0 Å². The van der Waals surface area contributed by atoms with Gasteiger partial charge in [-0.25, -0.2) is 0 Å².